The number of aliphatic imine (C=N–C) groups is 1. The summed E-state index contributed by atoms with van der Waals surface area (Å²) >= 11 is 0. The molecule has 2 rings (SSSR count). The van der Waals surface area contributed by atoms with Gasteiger partial charge in [0.2, 0.25) is 0 Å². The fourth-order valence-electron chi connectivity index (χ4n) is 3.01. The average Bonchev–Trinajstić information content (AvgIpc) is 3.05. The lowest BCUT2D eigenvalue weighted by Crippen LogP contribution is -2.38. The zero-order chi connectivity index (χ0) is 19.8. The van der Waals surface area contributed by atoms with Crippen LogP contribution < -0.4 is 10.2 Å². The standard InChI is InChI=1S/C20H31FN6.HI/c1-6-22-20(25(4)14-17-13-24-26(5)15-17)23-12-16-9-10-19(18(21)11-16)27(7-2)8-3;/h9-11,13,15H,6-8,12,14H2,1-5H3,(H,22,23);1H. The van der Waals surface area contributed by atoms with E-state index < -0.39 is 0 Å². The number of hydrogen-bond acceptors (Lipinski definition) is 3. The Morgan fingerprint density at radius 3 is 2.46 bits per heavy atom. The minimum Gasteiger partial charge on any atom is -0.370 e. The molecule has 0 saturated heterocycles. The van der Waals surface area contributed by atoms with Crippen molar-refractivity contribution in [3.05, 3.63) is 47.5 Å². The van der Waals surface area contributed by atoms with Crippen LogP contribution in [0.5, 0.6) is 0 Å². The molecule has 0 fully saturated rings. The lowest BCUT2D eigenvalue weighted by molar-refractivity contribution is 0.476. The van der Waals surface area contributed by atoms with E-state index in [0.29, 0.717) is 18.8 Å². The molecule has 0 aliphatic rings. The second-order valence-corrected chi connectivity index (χ2v) is 6.51. The molecule has 156 valence electrons. The van der Waals surface area contributed by atoms with Crippen molar-refractivity contribution >= 4 is 35.6 Å². The molecule has 0 aliphatic carbocycles. The molecule has 0 atom stereocenters. The van der Waals surface area contributed by atoms with Gasteiger partial charge in [0.05, 0.1) is 18.4 Å². The molecule has 28 heavy (non-hydrogen) atoms. The van der Waals surface area contributed by atoms with Crippen molar-refractivity contribution < 1.29 is 4.39 Å². The van der Waals surface area contributed by atoms with E-state index in [2.05, 4.69) is 15.4 Å². The molecule has 1 heterocycles. The van der Waals surface area contributed by atoms with Crippen LogP contribution in [0.2, 0.25) is 0 Å². The topological polar surface area (TPSA) is 48.7 Å². The fraction of sp³-hybridized carbons (Fsp3) is 0.500. The normalized spacial score (nSPS) is 11.1. The summed E-state index contributed by atoms with van der Waals surface area (Å²) in [4.78, 5) is 8.72. The third-order valence-electron chi connectivity index (χ3n) is 4.40. The third-order valence-corrected chi connectivity index (χ3v) is 4.40. The van der Waals surface area contributed by atoms with E-state index in [4.69, 9.17) is 0 Å². The van der Waals surface area contributed by atoms with Crippen molar-refractivity contribution in [2.45, 2.75) is 33.9 Å². The highest BCUT2D eigenvalue weighted by atomic mass is 127. The SMILES string of the molecule is CCNC(=NCc1ccc(N(CC)CC)c(F)c1)N(C)Cc1cnn(C)c1.I. The predicted octanol–water partition coefficient (Wildman–Crippen LogP) is 3.62. The largest absolute Gasteiger partial charge is 0.370 e. The smallest absolute Gasteiger partial charge is 0.194 e. The Morgan fingerprint density at radius 1 is 1.21 bits per heavy atom. The van der Waals surface area contributed by atoms with E-state index in [9.17, 15) is 4.39 Å². The van der Waals surface area contributed by atoms with Crippen molar-refractivity contribution in [1.29, 1.82) is 0 Å². The van der Waals surface area contributed by atoms with E-state index in [-0.39, 0.29) is 29.8 Å². The molecular formula is C20H32FIN6. The Hall–Kier alpha value is -1.84. The van der Waals surface area contributed by atoms with Gasteiger partial charge in [-0.1, -0.05) is 6.07 Å². The monoisotopic (exact) mass is 502 g/mol. The van der Waals surface area contributed by atoms with Crippen LogP contribution in [0.1, 0.15) is 31.9 Å². The van der Waals surface area contributed by atoms with Gasteiger partial charge in [-0.2, -0.15) is 5.10 Å². The number of nitrogens with one attached hydrogen (secondary N) is 1. The first-order chi connectivity index (χ1) is 13.0. The summed E-state index contributed by atoms with van der Waals surface area (Å²) in [7, 11) is 3.89. The molecule has 6 nitrogen and oxygen atoms in total. The first-order valence-corrected chi connectivity index (χ1v) is 9.48. The van der Waals surface area contributed by atoms with Crippen LogP contribution in [0.15, 0.2) is 35.6 Å². The van der Waals surface area contributed by atoms with Crippen LogP contribution in [-0.4, -0.2) is 47.3 Å². The number of benzene rings is 1. The van der Waals surface area contributed by atoms with Crippen molar-refractivity contribution in [3.8, 4) is 0 Å². The summed E-state index contributed by atoms with van der Waals surface area (Å²) in [5.41, 5.74) is 2.61. The highest BCUT2D eigenvalue weighted by Gasteiger charge is 2.10. The van der Waals surface area contributed by atoms with E-state index in [1.807, 2.05) is 69.2 Å². The van der Waals surface area contributed by atoms with Crippen molar-refractivity contribution in [2.24, 2.45) is 12.0 Å². The Bertz CT molecular complexity index is 757. The summed E-state index contributed by atoms with van der Waals surface area (Å²) < 4.78 is 16.3. The maximum atomic E-state index is 14.5. The second-order valence-electron chi connectivity index (χ2n) is 6.51. The molecule has 0 unspecified atom stereocenters. The summed E-state index contributed by atoms with van der Waals surface area (Å²) in [6.45, 7) is 9.56. The Labute approximate surface area is 184 Å². The molecule has 2 aromatic rings. The van der Waals surface area contributed by atoms with Crippen LogP contribution in [-0.2, 0) is 20.1 Å². The van der Waals surface area contributed by atoms with Gasteiger partial charge in [0, 0.05) is 52.0 Å². The van der Waals surface area contributed by atoms with Gasteiger partial charge in [-0.3, -0.25) is 4.68 Å². The maximum Gasteiger partial charge on any atom is 0.194 e. The summed E-state index contributed by atoms with van der Waals surface area (Å²) in [5.74, 6) is 0.592. The first-order valence-electron chi connectivity index (χ1n) is 9.48. The molecule has 1 N–H and O–H groups in total. The molecule has 0 spiro atoms. The van der Waals surface area contributed by atoms with Gasteiger partial charge in [-0.25, -0.2) is 9.38 Å². The van der Waals surface area contributed by atoms with Crippen LogP contribution in [0.4, 0.5) is 10.1 Å². The van der Waals surface area contributed by atoms with Crippen LogP contribution in [0.25, 0.3) is 0 Å². The summed E-state index contributed by atoms with van der Waals surface area (Å²) in [6, 6.07) is 5.38. The number of rotatable bonds is 8. The number of guanidine groups is 1. The molecule has 1 aromatic heterocycles. The molecule has 0 bridgehead atoms. The van der Waals surface area contributed by atoms with Crippen molar-refractivity contribution in [3.63, 3.8) is 0 Å². The average molecular weight is 502 g/mol. The molecule has 1 aromatic carbocycles. The van der Waals surface area contributed by atoms with Gasteiger partial charge in [0.15, 0.2) is 5.96 Å². The van der Waals surface area contributed by atoms with Crippen LogP contribution in [0.3, 0.4) is 0 Å². The number of halogens is 2. The first kappa shape index (κ1) is 24.2. The van der Waals surface area contributed by atoms with E-state index in [1.165, 1.54) is 0 Å². The van der Waals surface area contributed by atoms with Gasteiger partial charge in [-0.05, 0) is 38.5 Å². The molecule has 0 radical (unpaired) electrons. The number of aryl methyl sites for hydroxylation is 1. The third kappa shape index (κ3) is 6.65. The van der Waals surface area contributed by atoms with Gasteiger partial charge in [-0.15, -0.1) is 24.0 Å². The predicted molar refractivity (Wildman–Crippen MR) is 125 cm³/mol. The quantitative estimate of drug-likeness (QED) is 0.341. The van der Waals surface area contributed by atoms with Gasteiger partial charge < -0.3 is 15.1 Å². The minimum absolute atomic E-state index is 0. The van der Waals surface area contributed by atoms with Gasteiger partial charge in [0.25, 0.3) is 0 Å². The lowest BCUT2D eigenvalue weighted by Gasteiger charge is -2.22. The molecular weight excluding hydrogens is 470 g/mol. The van der Waals surface area contributed by atoms with E-state index in [1.54, 1.807) is 10.7 Å². The van der Waals surface area contributed by atoms with E-state index >= 15 is 0 Å². The molecule has 0 aliphatic heterocycles. The zero-order valence-corrected chi connectivity index (χ0v) is 19.8. The van der Waals surface area contributed by atoms with Gasteiger partial charge in [0.1, 0.15) is 5.82 Å². The maximum absolute atomic E-state index is 14.5. The highest BCUT2D eigenvalue weighted by molar-refractivity contribution is 14.0. The number of hydrogen-bond donors (Lipinski definition) is 1. The highest BCUT2D eigenvalue weighted by Crippen LogP contribution is 2.20. The van der Waals surface area contributed by atoms with Crippen molar-refractivity contribution in [2.75, 3.05) is 31.6 Å². The Morgan fingerprint density at radius 2 is 1.93 bits per heavy atom. The van der Waals surface area contributed by atoms with Crippen LogP contribution in [0, 0.1) is 5.82 Å². The number of nitrogens with zero attached hydrogens (tertiary/aromatic N) is 5. The molecule has 0 saturated carbocycles. The van der Waals surface area contributed by atoms with E-state index in [0.717, 1.165) is 36.7 Å². The van der Waals surface area contributed by atoms with Crippen molar-refractivity contribution in [1.82, 2.24) is 20.0 Å². The lowest BCUT2D eigenvalue weighted by atomic mass is 10.2. The summed E-state index contributed by atoms with van der Waals surface area (Å²) in [5, 5.41) is 7.49. The summed E-state index contributed by atoms with van der Waals surface area (Å²) in [6.07, 6.45) is 3.84. The number of aromatic nitrogens is 2. The number of anilines is 1. The zero-order valence-electron chi connectivity index (χ0n) is 17.4. The fourth-order valence-corrected chi connectivity index (χ4v) is 3.01. The minimum atomic E-state index is -0.194. The van der Waals surface area contributed by atoms with Gasteiger partial charge >= 0.3 is 0 Å². The Balaban J connectivity index is 0.00000392. The Kier molecular flexibility index (Phi) is 10.3. The second kappa shape index (κ2) is 11.9. The molecule has 0 amide bonds. The van der Waals surface area contributed by atoms with Crippen LogP contribution >= 0.6 is 24.0 Å². The molecule has 8 heteroatoms.